The van der Waals surface area contributed by atoms with Gasteiger partial charge in [0.25, 0.3) is 0 Å². The van der Waals surface area contributed by atoms with Crippen molar-refractivity contribution in [2.24, 2.45) is 0 Å². The van der Waals surface area contributed by atoms with Crippen LogP contribution in [0.3, 0.4) is 0 Å². The Hall–Kier alpha value is -1.61. The van der Waals surface area contributed by atoms with E-state index >= 15 is 0 Å². The summed E-state index contributed by atoms with van der Waals surface area (Å²) in [5.41, 5.74) is 2.91. The molecule has 1 N–H and O–H groups in total. The Morgan fingerprint density at radius 2 is 1.79 bits per heavy atom. The quantitative estimate of drug-likeness (QED) is 0.887. The number of rotatable bonds is 3. The van der Waals surface area contributed by atoms with Crippen molar-refractivity contribution in [3.63, 3.8) is 0 Å². The van der Waals surface area contributed by atoms with Gasteiger partial charge in [0.1, 0.15) is 0 Å². The van der Waals surface area contributed by atoms with Crippen LogP contribution in [0.2, 0.25) is 0 Å². The van der Waals surface area contributed by atoms with E-state index in [0.29, 0.717) is 0 Å². The van der Waals surface area contributed by atoms with Gasteiger partial charge in [0.15, 0.2) is 0 Å². The fraction of sp³-hybridized carbons (Fsp3) is 0.188. The van der Waals surface area contributed by atoms with E-state index in [1.807, 2.05) is 62.4 Å². The molecule has 0 saturated carbocycles. The van der Waals surface area contributed by atoms with E-state index in [1.165, 1.54) is 0 Å². The van der Waals surface area contributed by atoms with E-state index in [-0.39, 0.29) is 11.8 Å². The standard InChI is InChI=1S/C16H16BrNO/c1-11(13-7-4-3-5-8-13)16(19)18-15-10-6-9-14(17)12(15)2/h3-11H,1-2H3,(H,18,19). The van der Waals surface area contributed by atoms with Crippen molar-refractivity contribution in [1.82, 2.24) is 0 Å². The summed E-state index contributed by atoms with van der Waals surface area (Å²) in [5, 5.41) is 2.98. The highest BCUT2D eigenvalue weighted by Gasteiger charge is 2.15. The van der Waals surface area contributed by atoms with Crippen LogP contribution in [-0.4, -0.2) is 5.91 Å². The van der Waals surface area contributed by atoms with Gasteiger partial charge in [0, 0.05) is 10.2 Å². The van der Waals surface area contributed by atoms with Gasteiger partial charge >= 0.3 is 0 Å². The van der Waals surface area contributed by atoms with Crippen LogP contribution in [0.4, 0.5) is 5.69 Å². The molecule has 0 spiro atoms. The summed E-state index contributed by atoms with van der Waals surface area (Å²) in [7, 11) is 0. The second-order valence-corrected chi connectivity index (χ2v) is 5.39. The van der Waals surface area contributed by atoms with Crippen LogP contribution < -0.4 is 5.32 Å². The number of hydrogen-bond acceptors (Lipinski definition) is 1. The minimum Gasteiger partial charge on any atom is -0.325 e. The second-order valence-electron chi connectivity index (χ2n) is 4.53. The van der Waals surface area contributed by atoms with Crippen molar-refractivity contribution in [3.8, 4) is 0 Å². The van der Waals surface area contributed by atoms with Gasteiger partial charge in [0.05, 0.1) is 5.92 Å². The minimum absolute atomic E-state index is 0.00685. The molecule has 0 aromatic heterocycles. The van der Waals surface area contributed by atoms with Crippen molar-refractivity contribution in [2.45, 2.75) is 19.8 Å². The lowest BCUT2D eigenvalue weighted by atomic mass is 10.0. The Morgan fingerprint density at radius 1 is 1.11 bits per heavy atom. The number of carbonyl (C=O) groups is 1. The van der Waals surface area contributed by atoms with Gasteiger partial charge in [-0.05, 0) is 37.1 Å². The molecular formula is C16H16BrNO. The van der Waals surface area contributed by atoms with Crippen LogP contribution in [0.15, 0.2) is 53.0 Å². The van der Waals surface area contributed by atoms with Gasteiger partial charge in [-0.3, -0.25) is 4.79 Å². The van der Waals surface area contributed by atoms with Gasteiger partial charge in [-0.25, -0.2) is 0 Å². The fourth-order valence-electron chi connectivity index (χ4n) is 1.88. The average molecular weight is 318 g/mol. The molecule has 0 saturated heterocycles. The Balaban J connectivity index is 2.15. The van der Waals surface area contributed by atoms with Gasteiger partial charge in [-0.15, -0.1) is 0 Å². The third-order valence-corrected chi connectivity index (χ3v) is 4.08. The SMILES string of the molecule is Cc1c(Br)cccc1NC(=O)C(C)c1ccccc1. The number of anilines is 1. The molecule has 98 valence electrons. The number of nitrogens with one attached hydrogen (secondary N) is 1. The van der Waals surface area contributed by atoms with Gasteiger partial charge in [0.2, 0.25) is 5.91 Å². The lowest BCUT2D eigenvalue weighted by Crippen LogP contribution is -2.19. The first kappa shape index (κ1) is 13.8. The summed E-state index contributed by atoms with van der Waals surface area (Å²) in [4.78, 5) is 12.2. The summed E-state index contributed by atoms with van der Waals surface area (Å²) >= 11 is 3.47. The smallest absolute Gasteiger partial charge is 0.231 e. The first-order valence-electron chi connectivity index (χ1n) is 6.20. The predicted molar refractivity (Wildman–Crippen MR) is 82.4 cm³/mol. The molecule has 1 amide bonds. The lowest BCUT2D eigenvalue weighted by molar-refractivity contribution is -0.117. The van der Waals surface area contributed by atoms with Crippen molar-refractivity contribution < 1.29 is 4.79 Å². The summed E-state index contributed by atoms with van der Waals surface area (Å²) in [5.74, 6) is -0.160. The highest BCUT2D eigenvalue weighted by atomic mass is 79.9. The second kappa shape index (κ2) is 6.02. The minimum atomic E-state index is -0.167. The summed E-state index contributed by atoms with van der Waals surface area (Å²) in [6.45, 7) is 3.89. The Kier molecular flexibility index (Phi) is 4.38. The van der Waals surface area contributed by atoms with Crippen molar-refractivity contribution >= 4 is 27.5 Å². The highest BCUT2D eigenvalue weighted by molar-refractivity contribution is 9.10. The van der Waals surface area contributed by atoms with E-state index in [0.717, 1.165) is 21.3 Å². The molecule has 3 heteroatoms. The molecule has 2 nitrogen and oxygen atoms in total. The molecule has 0 aliphatic heterocycles. The molecule has 0 fully saturated rings. The first-order valence-corrected chi connectivity index (χ1v) is 7.00. The van der Waals surface area contributed by atoms with Gasteiger partial charge in [-0.1, -0.05) is 52.3 Å². The summed E-state index contributed by atoms with van der Waals surface area (Å²) in [6, 6.07) is 15.6. The third-order valence-electron chi connectivity index (χ3n) is 3.22. The average Bonchev–Trinajstić information content (AvgIpc) is 2.44. The maximum absolute atomic E-state index is 12.2. The molecule has 2 aromatic rings. The van der Waals surface area contributed by atoms with Crippen LogP contribution in [-0.2, 0) is 4.79 Å². The molecule has 19 heavy (non-hydrogen) atoms. The number of amides is 1. The lowest BCUT2D eigenvalue weighted by Gasteiger charge is -2.14. The Bertz CT molecular complexity index is 581. The number of carbonyl (C=O) groups excluding carboxylic acids is 1. The Labute approximate surface area is 122 Å². The summed E-state index contributed by atoms with van der Waals surface area (Å²) in [6.07, 6.45) is 0. The van der Waals surface area contributed by atoms with Crippen LogP contribution >= 0.6 is 15.9 Å². The number of hydrogen-bond donors (Lipinski definition) is 1. The maximum atomic E-state index is 12.2. The van der Waals surface area contributed by atoms with Crippen LogP contribution in [0.1, 0.15) is 24.0 Å². The maximum Gasteiger partial charge on any atom is 0.231 e. The monoisotopic (exact) mass is 317 g/mol. The van der Waals surface area contributed by atoms with Crippen molar-refractivity contribution in [1.29, 1.82) is 0 Å². The molecule has 1 unspecified atom stereocenters. The van der Waals surface area contributed by atoms with E-state index in [9.17, 15) is 4.79 Å². The normalized spacial score (nSPS) is 11.9. The molecule has 2 rings (SSSR count). The number of halogens is 1. The topological polar surface area (TPSA) is 29.1 Å². The first-order chi connectivity index (χ1) is 9.09. The van der Waals surface area contributed by atoms with Crippen molar-refractivity contribution in [3.05, 3.63) is 64.1 Å². The predicted octanol–water partition coefficient (Wildman–Crippen LogP) is 4.50. The molecule has 0 bridgehead atoms. The third kappa shape index (κ3) is 3.24. The van der Waals surface area contributed by atoms with E-state index in [2.05, 4.69) is 21.2 Å². The number of benzene rings is 2. The molecule has 0 heterocycles. The molecule has 0 aliphatic rings. The van der Waals surface area contributed by atoms with Crippen LogP contribution in [0.25, 0.3) is 0 Å². The molecule has 0 aliphatic carbocycles. The van der Waals surface area contributed by atoms with Gasteiger partial charge < -0.3 is 5.32 Å². The zero-order valence-corrected chi connectivity index (χ0v) is 12.6. The van der Waals surface area contributed by atoms with Crippen LogP contribution in [0, 0.1) is 6.92 Å². The largest absolute Gasteiger partial charge is 0.325 e. The fourth-order valence-corrected chi connectivity index (χ4v) is 2.24. The van der Waals surface area contributed by atoms with Gasteiger partial charge in [-0.2, -0.15) is 0 Å². The van der Waals surface area contributed by atoms with E-state index in [1.54, 1.807) is 0 Å². The Morgan fingerprint density at radius 3 is 2.47 bits per heavy atom. The van der Waals surface area contributed by atoms with Crippen LogP contribution in [0.5, 0.6) is 0 Å². The highest BCUT2D eigenvalue weighted by Crippen LogP contribution is 2.25. The zero-order chi connectivity index (χ0) is 13.8. The van der Waals surface area contributed by atoms with E-state index < -0.39 is 0 Å². The van der Waals surface area contributed by atoms with E-state index in [4.69, 9.17) is 0 Å². The summed E-state index contributed by atoms with van der Waals surface area (Å²) < 4.78 is 0.998. The molecule has 2 aromatic carbocycles. The van der Waals surface area contributed by atoms with Crippen molar-refractivity contribution in [2.75, 3.05) is 5.32 Å². The molecular weight excluding hydrogens is 302 g/mol. The molecule has 1 atom stereocenters. The zero-order valence-electron chi connectivity index (χ0n) is 11.0. The molecule has 0 radical (unpaired) electrons.